The van der Waals surface area contributed by atoms with Crippen LogP contribution in [0.1, 0.15) is 60.3 Å². The molecule has 0 amide bonds. The Morgan fingerprint density at radius 2 is 1.36 bits per heavy atom. The fourth-order valence-corrected chi connectivity index (χ4v) is 4.19. The lowest BCUT2D eigenvalue weighted by molar-refractivity contribution is 0.135. The van der Waals surface area contributed by atoms with Crippen molar-refractivity contribution in [1.82, 2.24) is 0 Å². The maximum atomic E-state index is 2.50. The Morgan fingerprint density at radius 1 is 0.786 bits per heavy atom. The highest BCUT2D eigenvalue weighted by atomic mass is 14.5. The molecule has 3 atom stereocenters. The van der Waals surface area contributed by atoms with Gasteiger partial charge in [0.1, 0.15) is 0 Å². The molecular formula is C14H26. The average Bonchev–Trinajstić information content (AvgIpc) is 2.20. The zero-order chi connectivity index (χ0) is 10.6. The molecule has 0 spiro atoms. The summed E-state index contributed by atoms with van der Waals surface area (Å²) in [6, 6.07) is 0. The molecule has 0 radical (unpaired) electrons. The molecule has 0 aromatic carbocycles. The molecule has 3 unspecified atom stereocenters. The molecule has 2 saturated carbocycles. The van der Waals surface area contributed by atoms with Crippen molar-refractivity contribution in [3.8, 4) is 0 Å². The van der Waals surface area contributed by atoms with E-state index in [1.54, 1.807) is 0 Å². The maximum Gasteiger partial charge on any atom is -0.0323 e. The molecule has 14 heavy (non-hydrogen) atoms. The lowest BCUT2D eigenvalue weighted by atomic mass is 9.69. The number of rotatable bonds is 0. The van der Waals surface area contributed by atoms with E-state index in [4.69, 9.17) is 0 Å². The van der Waals surface area contributed by atoms with Crippen LogP contribution in [0.2, 0.25) is 0 Å². The van der Waals surface area contributed by atoms with Crippen molar-refractivity contribution < 1.29 is 0 Å². The monoisotopic (exact) mass is 194 g/mol. The summed E-state index contributed by atoms with van der Waals surface area (Å²) in [4.78, 5) is 0. The molecule has 2 fully saturated rings. The Hall–Kier alpha value is 0. The molecule has 0 aliphatic heterocycles. The van der Waals surface area contributed by atoms with Gasteiger partial charge in [-0.1, -0.05) is 34.6 Å². The summed E-state index contributed by atoms with van der Waals surface area (Å²) in [5.74, 6) is 2.94. The van der Waals surface area contributed by atoms with Crippen molar-refractivity contribution in [2.24, 2.45) is 28.6 Å². The summed E-state index contributed by atoms with van der Waals surface area (Å²) in [6.07, 6.45) is 5.90. The molecule has 0 heteroatoms. The smallest absolute Gasteiger partial charge is 0.0323 e. The molecule has 82 valence electrons. The van der Waals surface area contributed by atoms with Crippen LogP contribution in [0.4, 0.5) is 0 Å². The lowest BCUT2D eigenvalue weighted by Crippen LogP contribution is -2.27. The van der Waals surface area contributed by atoms with Crippen LogP contribution in [0.25, 0.3) is 0 Å². The summed E-state index contributed by atoms with van der Waals surface area (Å²) >= 11 is 0. The van der Waals surface area contributed by atoms with Gasteiger partial charge in [0.2, 0.25) is 0 Å². The van der Waals surface area contributed by atoms with E-state index in [0.717, 1.165) is 17.8 Å². The maximum absolute atomic E-state index is 2.50. The van der Waals surface area contributed by atoms with Gasteiger partial charge in [0.25, 0.3) is 0 Å². The standard InChI is InChI=1S/C14H26/c1-10-6-11-7-12(9-14(11,4)5)13(2,3)8-10/h10-12H,6-9H2,1-5H3. The summed E-state index contributed by atoms with van der Waals surface area (Å²) in [5.41, 5.74) is 1.22. The summed E-state index contributed by atoms with van der Waals surface area (Å²) in [6.45, 7) is 12.4. The lowest BCUT2D eigenvalue weighted by Gasteiger charge is -2.37. The van der Waals surface area contributed by atoms with Gasteiger partial charge in [-0.05, 0) is 54.3 Å². The average molecular weight is 194 g/mol. The third-order valence-corrected chi connectivity index (χ3v) is 5.11. The van der Waals surface area contributed by atoms with Gasteiger partial charge in [-0.25, -0.2) is 0 Å². The van der Waals surface area contributed by atoms with Crippen molar-refractivity contribution in [2.75, 3.05) is 0 Å². The molecule has 2 bridgehead atoms. The fraction of sp³-hybridized carbons (Fsp3) is 1.00. The number of hydrogen-bond acceptors (Lipinski definition) is 0. The summed E-state index contributed by atoms with van der Waals surface area (Å²) < 4.78 is 0. The molecule has 2 aliphatic carbocycles. The van der Waals surface area contributed by atoms with Gasteiger partial charge in [0.15, 0.2) is 0 Å². The van der Waals surface area contributed by atoms with Crippen molar-refractivity contribution >= 4 is 0 Å². The van der Waals surface area contributed by atoms with Crippen molar-refractivity contribution in [2.45, 2.75) is 60.3 Å². The van der Waals surface area contributed by atoms with E-state index in [9.17, 15) is 0 Å². The quantitative estimate of drug-likeness (QED) is 0.533. The zero-order valence-corrected chi connectivity index (χ0v) is 10.6. The summed E-state index contributed by atoms with van der Waals surface area (Å²) in [5, 5.41) is 0. The second kappa shape index (κ2) is 3.00. The molecule has 0 nitrogen and oxygen atoms in total. The minimum Gasteiger partial charge on any atom is -0.0625 e. The van der Waals surface area contributed by atoms with Crippen LogP contribution in [-0.4, -0.2) is 0 Å². The third-order valence-electron chi connectivity index (χ3n) is 5.11. The van der Waals surface area contributed by atoms with Crippen LogP contribution in [0, 0.1) is 28.6 Å². The third kappa shape index (κ3) is 1.61. The van der Waals surface area contributed by atoms with Crippen LogP contribution < -0.4 is 0 Å². The predicted octanol–water partition coefficient (Wildman–Crippen LogP) is 4.49. The van der Waals surface area contributed by atoms with Crippen LogP contribution in [0.3, 0.4) is 0 Å². The van der Waals surface area contributed by atoms with E-state index in [2.05, 4.69) is 34.6 Å². The van der Waals surface area contributed by atoms with Gasteiger partial charge < -0.3 is 0 Å². The Labute approximate surface area is 89.5 Å². The molecular weight excluding hydrogens is 168 g/mol. The molecule has 0 aromatic heterocycles. The van der Waals surface area contributed by atoms with Gasteiger partial charge in [-0.3, -0.25) is 0 Å². The van der Waals surface area contributed by atoms with E-state index >= 15 is 0 Å². The summed E-state index contributed by atoms with van der Waals surface area (Å²) in [7, 11) is 0. The second-order valence-corrected chi connectivity index (χ2v) is 7.36. The fourth-order valence-electron chi connectivity index (χ4n) is 4.19. The van der Waals surface area contributed by atoms with Crippen molar-refractivity contribution in [3.63, 3.8) is 0 Å². The SMILES string of the molecule is CC1CC2CC(CC2(C)C)C(C)(C)C1. The van der Waals surface area contributed by atoms with Gasteiger partial charge in [-0.2, -0.15) is 0 Å². The molecule has 0 heterocycles. The van der Waals surface area contributed by atoms with E-state index in [1.807, 2.05) is 0 Å². The highest BCUT2D eigenvalue weighted by Crippen LogP contribution is 2.58. The Bertz CT molecular complexity index is 224. The molecule has 2 aliphatic rings. The van der Waals surface area contributed by atoms with Gasteiger partial charge in [-0.15, -0.1) is 0 Å². The van der Waals surface area contributed by atoms with E-state index < -0.39 is 0 Å². The van der Waals surface area contributed by atoms with Gasteiger partial charge in [0, 0.05) is 0 Å². The highest BCUT2D eigenvalue weighted by Gasteiger charge is 2.48. The minimum atomic E-state index is 0.599. The largest absolute Gasteiger partial charge is 0.0625 e. The number of fused-ring (bicyclic) bond motifs is 2. The van der Waals surface area contributed by atoms with E-state index in [1.165, 1.54) is 25.7 Å². The highest BCUT2D eigenvalue weighted by molar-refractivity contribution is 4.98. The van der Waals surface area contributed by atoms with Crippen LogP contribution in [0.5, 0.6) is 0 Å². The van der Waals surface area contributed by atoms with Gasteiger partial charge in [0.05, 0.1) is 0 Å². The number of hydrogen-bond donors (Lipinski definition) is 0. The van der Waals surface area contributed by atoms with Crippen LogP contribution in [0.15, 0.2) is 0 Å². The Kier molecular flexibility index (Phi) is 2.25. The first-order valence-corrected chi connectivity index (χ1v) is 6.31. The minimum absolute atomic E-state index is 0.599. The van der Waals surface area contributed by atoms with Crippen LogP contribution >= 0.6 is 0 Å². The van der Waals surface area contributed by atoms with E-state index in [-0.39, 0.29) is 0 Å². The normalized spacial score (nSPS) is 44.8. The van der Waals surface area contributed by atoms with Gasteiger partial charge >= 0.3 is 0 Å². The first kappa shape index (κ1) is 10.5. The Balaban J connectivity index is 2.25. The van der Waals surface area contributed by atoms with Crippen molar-refractivity contribution in [1.29, 1.82) is 0 Å². The molecule has 0 N–H and O–H groups in total. The second-order valence-electron chi connectivity index (χ2n) is 7.36. The first-order chi connectivity index (χ1) is 6.31. The van der Waals surface area contributed by atoms with Crippen molar-refractivity contribution in [3.05, 3.63) is 0 Å². The van der Waals surface area contributed by atoms with Crippen LogP contribution in [-0.2, 0) is 0 Å². The predicted molar refractivity (Wildman–Crippen MR) is 62.2 cm³/mol. The first-order valence-electron chi connectivity index (χ1n) is 6.31. The molecule has 0 saturated heterocycles. The zero-order valence-electron chi connectivity index (χ0n) is 10.6. The Morgan fingerprint density at radius 3 is 2.00 bits per heavy atom. The molecule has 2 rings (SSSR count). The molecule has 0 aromatic rings. The topological polar surface area (TPSA) is 0 Å². The van der Waals surface area contributed by atoms with E-state index in [0.29, 0.717) is 10.8 Å².